The monoisotopic (exact) mass is 1070 g/mol. The molecule has 3 aliphatic heterocycles. The predicted octanol–water partition coefficient (Wildman–Crippen LogP) is 8.62. The average Bonchev–Trinajstić information content (AvgIpc) is 3.35. The number of esters is 1. The molecule has 0 aliphatic carbocycles. The van der Waals surface area contributed by atoms with Crippen molar-refractivity contribution in [2.75, 3.05) is 33.0 Å². The zero-order valence-corrected chi connectivity index (χ0v) is 42.2. The summed E-state index contributed by atoms with van der Waals surface area (Å²) in [7, 11) is -8.25. The highest BCUT2D eigenvalue weighted by atomic mass is 32.2. The van der Waals surface area contributed by atoms with Crippen LogP contribution in [0, 0.1) is 0 Å². The fourth-order valence-electron chi connectivity index (χ4n) is 8.26. The minimum absolute atomic E-state index is 0.00667. The number of sulfone groups is 2. The van der Waals surface area contributed by atoms with Crippen molar-refractivity contribution in [1.29, 1.82) is 0 Å². The highest BCUT2D eigenvalue weighted by Gasteiger charge is 2.55. The first-order chi connectivity index (χ1) is 34.3. The number of benzene rings is 2. The van der Waals surface area contributed by atoms with Crippen molar-refractivity contribution in [2.24, 2.45) is 0 Å². The predicted molar refractivity (Wildman–Crippen MR) is 252 cm³/mol. The number of nitrogens with zero attached hydrogens (tertiary/aromatic N) is 4. The summed E-state index contributed by atoms with van der Waals surface area (Å²) < 4.78 is 147. The van der Waals surface area contributed by atoms with Crippen LogP contribution in [0.4, 0.5) is 26.3 Å². The maximum atomic E-state index is 13.8. The van der Waals surface area contributed by atoms with Gasteiger partial charge in [0, 0.05) is 88.7 Å². The van der Waals surface area contributed by atoms with Crippen molar-refractivity contribution >= 4 is 31.6 Å². The molecule has 400 valence electrons. The van der Waals surface area contributed by atoms with E-state index < -0.39 is 78.1 Å². The maximum Gasteiger partial charge on any atom is 0.389 e. The van der Waals surface area contributed by atoms with Gasteiger partial charge in [0.1, 0.15) is 5.60 Å². The molecule has 1 atom stereocenters. The number of aryl methyl sites for hydroxylation is 2. The highest BCUT2D eigenvalue weighted by Crippen LogP contribution is 2.39. The van der Waals surface area contributed by atoms with Crippen LogP contribution in [-0.2, 0) is 65.9 Å². The molecule has 2 aromatic heterocycles. The zero-order valence-electron chi connectivity index (χ0n) is 40.6. The molecule has 1 unspecified atom stereocenters. The van der Waals surface area contributed by atoms with Gasteiger partial charge in [-0.15, -0.1) is 0 Å². The molecule has 73 heavy (non-hydrogen) atoms. The van der Waals surface area contributed by atoms with Crippen molar-refractivity contribution in [3.05, 3.63) is 84.7 Å². The first-order valence-electron chi connectivity index (χ1n) is 23.8. The number of nitrogens with one attached hydrogen (secondary N) is 1. The van der Waals surface area contributed by atoms with Crippen LogP contribution in [0.2, 0.25) is 0 Å². The SMILES string of the molecule is CC(C)(C)OC(=O)C1(S(=O)(=O)c2ccc(-c3cnc(CCCC(F)(F)F)cn3)cc2)CCOCC1.O=C(NOC1CCCCO1)C1(S(=O)(=O)c2ccc(-c3cnc(CCCC(F)(F)F)cn3)cc2)CCOCC1. The van der Waals surface area contributed by atoms with Crippen molar-refractivity contribution in [2.45, 2.75) is 148 Å². The van der Waals surface area contributed by atoms with Gasteiger partial charge in [0.05, 0.1) is 45.0 Å². The number of hydrogen-bond acceptors (Lipinski definition) is 15. The minimum Gasteiger partial charge on any atom is -0.459 e. The van der Waals surface area contributed by atoms with E-state index in [2.05, 4.69) is 25.4 Å². The summed E-state index contributed by atoms with van der Waals surface area (Å²) >= 11 is 0. The van der Waals surface area contributed by atoms with E-state index in [1.165, 1.54) is 49.1 Å². The Morgan fingerprint density at radius 1 is 0.630 bits per heavy atom. The molecule has 2 aromatic carbocycles. The number of carbonyl (C=O) groups excluding carboxylic acids is 2. The summed E-state index contributed by atoms with van der Waals surface area (Å²) in [5.41, 5.74) is 4.39. The Morgan fingerprint density at radius 3 is 1.45 bits per heavy atom. The van der Waals surface area contributed by atoms with Crippen LogP contribution >= 0.6 is 0 Å². The molecular formula is C49H59F6N5O11S2. The van der Waals surface area contributed by atoms with Gasteiger partial charge in [0.15, 0.2) is 35.5 Å². The number of amides is 1. The molecule has 0 saturated carbocycles. The summed E-state index contributed by atoms with van der Waals surface area (Å²) in [6.45, 7) is 6.02. The number of carbonyl (C=O) groups is 2. The summed E-state index contributed by atoms with van der Waals surface area (Å²) in [6, 6.07) is 11.8. The lowest BCUT2D eigenvalue weighted by Gasteiger charge is -2.36. The molecular weight excluding hydrogens is 1010 g/mol. The van der Waals surface area contributed by atoms with Crippen LogP contribution < -0.4 is 5.48 Å². The average molecular weight is 1070 g/mol. The molecule has 0 radical (unpaired) electrons. The number of rotatable bonds is 16. The Kier molecular flexibility index (Phi) is 18.8. The van der Waals surface area contributed by atoms with E-state index in [-0.39, 0.29) is 87.6 Å². The van der Waals surface area contributed by atoms with Crippen LogP contribution in [0.25, 0.3) is 22.5 Å². The van der Waals surface area contributed by atoms with Gasteiger partial charge in [-0.25, -0.2) is 27.2 Å². The summed E-state index contributed by atoms with van der Waals surface area (Å²) in [6.07, 6.45) is -2.66. The maximum absolute atomic E-state index is 13.8. The van der Waals surface area contributed by atoms with Crippen LogP contribution in [0.15, 0.2) is 83.1 Å². The van der Waals surface area contributed by atoms with Crippen molar-refractivity contribution < 1.29 is 76.6 Å². The van der Waals surface area contributed by atoms with Gasteiger partial charge < -0.3 is 18.9 Å². The number of halogens is 6. The van der Waals surface area contributed by atoms with Gasteiger partial charge in [-0.2, -0.15) is 26.3 Å². The number of aromatic nitrogens is 4. The second kappa shape index (κ2) is 24.0. The van der Waals surface area contributed by atoms with E-state index in [1.54, 1.807) is 45.0 Å². The lowest BCUT2D eigenvalue weighted by molar-refractivity contribution is -0.202. The lowest BCUT2D eigenvalue weighted by Crippen LogP contribution is -2.56. The molecule has 24 heteroatoms. The van der Waals surface area contributed by atoms with E-state index in [1.807, 2.05) is 0 Å². The number of hydroxylamine groups is 1. The molecule has 3 aliphatic rings. The topological polar surface area (TPSA) is 212 Å². The summed E-state index contributed by atoms with van der Waals surface area (Å²) in [5, 5.41) is 0. The molecule has 4 aromatic rings. The fourth-order valence-corrected chi connectivity index (χ4v) is 12.1. The van der Waals surface area contributed by atoms with Gasteiger partial charge in [-0.3, -0.25) is 29.5 Å². The summed E-state index contributed by atoms with van der Waals surface area (Å²) in [5.74, 6) is -1.55. The smallest absolute Gasteiger partial charge is 0.389 e. The van der Waals surface area contributed by atoms with Gasteiger partial charge in [-0.1, -0.05) is 24.3 Å². The van der Waals surface area contributed by atoms with E-state index in [9.17, 15) is 52.8 Å². The molecule has 0 spiro atoms. The second-order valence-electron chi connectivity index (χ2n) is 18.8. The van der Waals surface area contributed by atoms with E-state index >= 15 is 0 Å². The lowest BCUT2D eigenvalue weighted by atomic mass is 9.98. The Hall–Kier alpha value is -5.14. The van der Waals surface area contributed by atoms with E-state index in [0.29, 0.717) is 46.9 Å². The quantitative estimate of drug-likeness (QED) is 0.0632. The third kappa shape index (κ3) is 15.0. The second-order valence-corrected chi connectivity index (χ2v) is 23.4. The van der Waals surface area contributed by atoms with Crippen molar-refractivity contribution in [1.82, 2.24) is 25.4 Å². The largest absolute Gasteiger partial charge is 0.459 e. The standard InChI is InChI=1S/C25H30F3N3O6S.C24H29F3N2O5S/c26-25(27,28)10-3-4-19-16-30-21(17-29-19)18-6-8-20(9-7-18)38(33,34)24(11-14-35-15-12-24)23(32)31-37-22-5-1-2-13-36-22;1-22(2,3)34-21(30)23(11-13-33-14-12-23)35(31,32)19-8-6-17(7-9-19)20-16-28-18(15-29-20)5-4-10-24(25,26)27/h6-9,16-17,22H,1-5,10-15H2,(H,31,32);6-9,15-16H,4-5,10-14H2,1-3H3. The van der Waals surface area contributed by atoms with Gasteiger partial charge >= 0.3 is 18.3 Å². The molecule has 7 rings (SSSR count). The first kappa shape index (κ1) is 57.1. The van der Waals surface area contributed by atoms with E-state index in [4.69, 9.17) is 23.8 Å². The molecule has 16 nitrogen and oxygen atoms in total. The van der Waals surface area contributed by atoms with Crippen molar-refractivity contribution in [3.63, 3.8) is 0 Å². The Bertz CT molecular complexity index is 2670. The van der Waals surface area contributed by atoms with Gasteiger partial charge in [0.25, 0.3) is 5.91 Å². The minimum atomic E-state index is -4.21. The summed E-state index contributed by atoms with van der Waals surface area (Å²) in [4.78, 5) is 48.5. The Balaban J connectivity index is 0.000000239. The molecule has 3 fully saturated rings. The molecule has 5 heterocycles. The molecule has 3 saturated heterocycles. The number of hydrogen-bond donors (Lipinski definition) is 1. The van der Waals surface area contributed by atoms with Crippen LogP contribution in [0.1, 0.15) is 103 Å². The number of ether oxygens (including phenoxy) is 4. The fraction of sp³-hybridized carbons (Fsp3) is 0.551. The number of alkyl halides is 6. The van der Waals surface area contributed by atoms with Crippen LogP contribution in [0.3, 0.4) is 0 Å². The molecule has 1 amide bonds. The van der Waals surface area contributed by atoms with Gasteiger partial charge in [0.2, 0.25) is 0 Å². The van der Waals surface area contributed by atoms with E-state index in [0.717, 1.165) is 12.8 Å². The van der Waals surface area contributed by atoms with Crippen LogP contribution in [0.5, 0.6) is 0 Å². The van der Waals surface area contributed by atoms with Gasteiger partial charge in [-0.05, 0) is 96.4 Å². The third-order valence-corrected chi connectivity index (χ3v) is 17.4. The molecule has 0 bridgehead atoms. The normalized spacial score (nSPS) is 18.5. The third-order valence-electron chi connectivity index (χ3n) is 12.4. The molecule has 1 N–H and O–H groups in total. The zero-order chi connectivity index (χ0) is 53.1. The Morgan fingerprint density at radius 2 is 1.07 bits per heavy atom. The van der Waals surface area contributed by atoms with Crippen LogP contribution in [-0.4, -0.2) is 115 Å². The highest BCUT2D eigenvalue weighted by molar-refractivity contribution is 7.94. The van der Waals surface area contributed by atoms with Crippen molar-refractivity contribution in [3.8, 4) is 22.5 Å². The Labute approximate surface area is 420 Å². The first-order valence-corrected chi connectivity index (χ1v) is 26.7.